The lowest BCUT2D eigenvalue weighted by Gasteiger charge is -2.13. The average molecular weight is 462 g/mol. The van der Waals surface area contributed by atoms with Crippen molar-refractivity contribution < 1.29 is 16.5 Å². The molecule has 0 amide bonds. The molecule has 8 nitrogen and oxygen atoms in total. The molecule has 0 saturated carbocycles. The zero-order valence-corrected chi connectivity index (χ0v) is 18.2. The molecule has 0 aliphatic heterocycles. The van der Waals surface area contributed by atoms with Crippen LogP contribution in [0.15, 0.2) is 53.6 Å². The van der Waals surface area contributed by atoms with Crippen LogP contribution >= 0.6 is 0 Å². The zero-order chi connectivity index (χ0) is 23.5. The molecule has 3 heterocycles. The minimum absolute atomic E-state index is 0.151. The van der Waals surface area contributed by atoms with Gasteiger partial charge in [-0.1, -0.05) is 9.95 Å². The highest BCUT2D eigenvalue weighted by Gasteiger charge is 2.17. The van der Waals surface area contributed by atoms with Crippen molar-refractivity contribution in [1.29, 1.82) is 5.26 Å². The molecule has 0 saturated heterocycles. The van der Waals surface area contributed by atoms with Crippen LogP contribution in [-0.4, -0.2) is 23.0 Å². The van der Waals surface area contributed by atoms with Crippen molar-refractivity contribution in [2.75, 3.05) is 0 Å². The molecule has 33 heavy (non-hydrogen) atoms. The van der Waals surface area contributed by atoms with Gasteiger partial charge in [-0.25, -0.2) is 0 Å². The minimum Gasteiger partial charge on any atom is -0.357 e. The number of rotatable bonds is 3. The summed E-state index contributed by atoms with van der Waals surface area (Å²) < 4.78 is 40.8. The Balaban J connectivity index is 1.79. The maximum Gasteiger partial charge on any atom is 0.488 e. The highest BCUT2D eigenvalue weighted by atomic mass is 32.3. The van der Waals surface area contributed by atoms with E-state index in [0.717, 1.165) is 17.1 Å². The van der Waals surface area contributed by atoms with E-state index in [1.807, 2.05) is 18.5 Å². The molecule has 0 aliphatic carbocycles. The summed E-state index contributed by atoms with van der Waals surface area (Å²) in [6.07, 6.45) is 2.59. The van der Waals surface area contributed by atoms with Crippen LogP contribution in [0.1, 0.15) is 11.1 Å². The number of halogens is 1. The van der Waals surface area contributed by atoms with E-state index in [9.17, 15) is 22.4 Å². The Hall–Kier alpha value is -4.23. The van der Waals surface area contributed by atoms with E-state index in [2.05, 4.69) is 20.2 Å². The van der Waals surface area contributed by atoms with Gasteiger partial charge >= 0.3 is 10.5 Å². The molecule has 0 atom stereocenters. The van der Waals surface area contributed by atoms with E-state index in [1.165, 1.54) is 12.3 Å². The molecule has 0 aliphatic rings. The number of aromatic nitrogens is 3. The first-order valence-corrected chi connectivity index (χ1v) is 11.1. The van der Waals surface area contributed by atoms with E-state index < -0.39 is 10.5 Å². The largest absolute Gasteiger partial charge is 0.488 e. The van der Waals surface area contributed by atoms with Crippen molar-refractivity contribution in [3.8, 4) is 22.9 Å². The molecule has 0 fully saturated rings. The number of fused-ring (bicyclic) bond motifs is 4. The van der Waals surface area contributed by atoms with Crippen molar-refractivity contribution in [1.82, 2.24) is 14.5 Å². The summed E-state index contributed by atoms with van der Waals surface area (Å²) >= 11 is 0. The maximum absolute atomic E-state index is 13.4. The third-order valence-corrected chi connectivity index (χ3v) is 6.03. The predicted octanol–water partition coefficient (Wildman–Crippen LogP) is 4.01. The lowest BCUT2D eigenvalue weighted by atomic mass is 9.98. The number of benzene rings is 2. The predicted molar refractivity (Wildman–Crippen MR) is 122 cm³/mol. The Kier molecular flexibility index (Phi) is 4.47. The number of nitriles is 1. The summed E-state index contributed by atoms with van der Waals surface area (Å²) in [4.78, 5) is 20.6. The molecule has 0 unspecified atom stereocenters. The van der Waals surface area contributed by atoms with E-state index in [4.69, 9.17) is 0 Å². The lowest BCUT2D eigenvalue weighted by molar-refractivity contribution is 0.439. The van der Waals surface area contributed by atoms with Crippen LogP contribution in [0.25, 0.3) is 44.0 Å². The van der Waals surface area contributed by atoms with Crippen LogP contribution in [0.2, 0.25) is 0 Å². The fraction of sp³-hybridized carbons (Fsp3) is 0.0870. The van der Waals surface area contributed by atoms with Crippen molar-refractivity contribution in [2.24, 2.45) is 7.05 Å². The third kappa shape index (κ3) is 3.39. The van der Waals surface area contributed by atoms with Crippen molar-refractivity contribution in [3.63, 3.8) is 0 Å². The molecule has 0 spiro atoms. The van der Waals surface area contributed by atoms with Gasteiger partial charge in [-0.05, 0) is 48.4 Å². The average Bonchev–Trinajstić information content (AvgIpc) is 3.15. The van der Waals surface area contributed by atoms with Gasteiger partial charge in [0.1, 0.15) is 5.65 Å². The number of H-pyrrole nitrogens is 1. The molecule has 10 heteroatoms. The highest BCUT2D eigenvalue weighted by molar-refractivity contribution is 7.81. The maximum atomic E-state index is 13.4. The molecule has 1 N–H and O–H groups in total. The number of nitrogens with one attached hydrogen (secondary N) is 1. The number of pyridine rings is 2. The normalized spacial score (nSPS) is 11.8. The first-order valence-electron chi connectivity index (χ1n) is 9.74. The molecule has 0 radical (unpaired) electrons. The summed E-state index contributed by atoms with van der Waals surface area (Å²) in [5.74, 6) is -0.261. The van der Waals surface area contributed by atoms with Crippen LogP contribution in [0, 0.1) is 18.3 Å². The molecule has 5 rings (SSSR count). The SMILES string of the molecule is Cc1cc2c(=O)c3c4ccc(C#N)cc4[nH]c3n(C)c2cc1-c1cncc(OS(=O)(=O)F)c1. The highest BCUT2D eigenvalue weighted by Crippen LogP contribution is 2.32. The minimum atomic E-state index is -5.19. The third-order valence-electron chi connectivity index (χ3n) is 5.64. The van der Waals surface area contributed by atoms with Gasteiger partial charge in [0, 0.05) is 35.1 Å². The van der Waals surface area contributed by atoms with Gasteiger partial charge in [-0.3, -0.25) is 9.78 Å². The van der Waals surface area contributed by atoms with E-state index >= 15 is 0 Å². The Morgan fingerprint density at radius 1 is 1.15 bits per heavy atom. The quantitative estimate of drug-likeness (QED) is 0.405. The van der Waals surface area contributed by atoms with Crippen LogP contribution in [0.5, 0.6) is 5.75 Å². The number of aryl methyl sites for hydroxylation is 2. The van der Waals surface area contributed by atoms with Gasteiger partial charge in [0.25, 0.3) is 0 Å². The van der Waals surface area contributed by atoms with Gasteiger partial charge in [-0.15, -0.1) is 0 Å². The Labute approximate surface area is 186 Å². The Morgan fingerprint density at radius 3 is 2.67 bits per heavy atom. The van der Waals surface area contributed by atoms with Crippen LogP contribution in [0.4, 0.5) is 3.89 Å². The fourth-order valence-electron chi connectivity index (χ4n) is 4.18. The summed E-state index contributed by atoms with van der Waals surface area (Å²) in [6.45, 7) is 1.81. The summed E-state index contributed by atoms with van der Waals surface area (Å²) in [5, 5.41) is 11.0. The monoisotopic (exact) mass is 462 g/mol. The molecule has 164 valence electrons. The van der Waals surface area contributed by atoms with Crippen LogP contribution in [0.3, 0.4) is 0 Å². The smallest absolute Gasteiger partial charge is 0.357 e. The first kappa shape index (κ1) is 20.7. The first-order chi connectivity index (χ1) is 15.7. The standard InChI is InChI=1S/C23H15FN4O4S/c1-12-5-18-20(8-17(12)14-7-15(11-26-10-14)32-33(24,30)31)28(2)23-21(22(18)29)16-4-3-13(9-25)6-19(16)27-23/h3-8,10-11,27H,1-2H3. The van der Waals surface area contributed by atoms with Crippen LogP contribution < -0.4 is 9.61 Å². The van der Waals surface area contributed by atoms with Gasteiger partial charge in [0.15, 0.2) is 11.2 Å². The Bertz CT molecular complexity index is 1830. The van der Waals surface area contributed by atoms with Crippen molar-refractivity contribution in [3.05, 3.63) is 70.1 Å². The van der Waals surface area contributed by atoms with Crippen molar-refractivity contribution >= 4 is 43.3 Å². The number of nitrogens with zero attached hydrogens (tertiary/aromatic N) is 3. The number of hydrogen-bond acceptors (Lipinski definition) is 6. The van der Waals surface area contributed by atoms with Gasteiger partial charge < -0.3 is 13.7 Å². The second-order valence-corrected chi connectivity index (χ2v) is 8.63. The number of hydrogen-bond donors (Lipinski definition) is 1. The number of aromatic amines is 1. The topological polar surface area (TPSA) is 118 Å². The molecule has 0 bridgehead atoms. The molecular weight excluding hydrogens is 447 g/mol. The fourth-order valence-corrected chi connectivity index (χ4v) is 4.50. The van der Waals surface area contributed by atoms with Gasteiger partial charge in [-0.2, -0.15) is 13.7 Å². The van der Waals surface area contributed by atoms with Crippen molar-refractivity contribution in [2.45, 2.75) is 6.92 Å². The van der Waals surface area contributed by atoms with Crippen LogP contribution in [-0.2, 0) is 17.6 Å². The molecule has 2 aromatic carbocycles. The second-order valence-electron chi connectivity index (χ2n) is 7.68. The van der Waals surface area contributed by atoms with E-state index in [1.54, 1.807) is 30.3 Å². The van der Waals surface area contributed by atoms with Gasteiger partial charge in [0.05, 0.1) is 28.7 Å². The summed E-state index contributed by atoms with van der Waals surface area (Å²) in [7, 11) is -3.37. The Morgan fingerprint density at radius 2 is 1.94 bits per heavy atom. The van der Waals surface area contributed by atoms with E-state index in [-0.39, 0.29) is 11.2 Å². The summed E-state index contributed by atoms with van der Waals surface area (Å²) in [6, 6.07) is 12.1. The molecular formula is C23H15FN4O4S. The molecule has 5 aromatic rings. The zero-order valence-electron chi connectivity index (χ0n) is 17.4. The lowest BCUT2D eigenvalue weighted by Crippen LogP contribution is -2.09. The van der Waals surface area contributed by atoms with Gasteiger partial charge in [0.2, 0.25) is 0 Å². The summed E-state index contributed by atoms with van der Waals surface area (Å²) in [5.41, 5.74) is 4.17. The molecule has 3 aromatic heterocycles. The van der Waals surface area contributed by atoms with E-state index in [0.29, 0.717) is 44.1 Å². The second kappa shape index (κ2) is 7.15.